The number of pyridine rings is 1. The van der Waals surface area contributed by atoms with Crippen molar-refractivity contribution >= 4 is 17.5 Å². The second kappa shape index (κ2) is 8.10. The molecule has 2 N–H and O–H groups in total. The summed E-state index contributed by atoms with van der Waals surface area (Å²) in [4.78, 5) is 32.0. The first kappa shape index (κ1) is 18.0. The highest BCUT2D eigenvalue weighted by atomic mass is 16.1. The molecule has 8 heteroatoms. The van der Waals surface area contributed by atoms with E-state index in [0.29, 0.717) is 22.9 Å². The molecule has 0 unspecified atom stereocenters. The fourth-order valence-corrected chi connectivity index (χ4v) is 3.07. The minimum absolute atomic E-state index is 0.212. The number of nitrogens with zero attached hydrogens (tertiary/aromatic N) is 5. The van der Waals surface area contributed by atoms with Gasteiger partial charge in [-0.05, 0) is 43.3 Å². The molecule has 0 radical (unpaired) electrons. The number of hydrogen-bond acceptors (Lipinski definition) is 7. The van der Waals surface area contributed by atoms with Crippen LogP contribution in [-0.2, 0) is 0 Å². The van der Waals surface area contributed by atoms with Crippen molar-refractivity contribution in [3.63, 3.8) is 0 Å². The Morgan fingerprint density at radius 3 is 2.54 bits per heavy atom. The van der Waals surface area contributed by atoms with Crippen molar-refractivity contribution < 1.29 is 4.79 Å². The molecule has 28 heavy (non-hydrogen) atoms. The number of benzene rings is 1. The molecule has 0 saturated carbocycles. The molecule has 1 fully saturated rings. The largest absolute Gasteiger partial charge is 0.369 e. The molecule has 0 aliphatic carbocycles. The van der Waals surface area contributed by atoms with Crippen molar-refractivity contribution in [3.05, 3.63) is 60.0 Å². The molecule has 1 aliphatic heterocycles. The molecule has 1 aromatic carbocycles. The number of aryl methyl sites for hydroxylation is 1. The molecule has 2 aromatic heterocycles. The molecular weight excluding hydrogens is 354 g/mol. The Morgan fingerprint density at radius 1 is 1.04 bits per heavy atom. The van der Waals surface area contributed by atoms with Crippen LogP contribution in [0.5, 0.6) is 0 Å². The van der Waals surface area contributed by atoms with Gasteiger partial charge in [0, 0.05) is 43.6 Å². The van der Waals surface area contributed by atoms with E-state index < -0.39 is 0 Å². The summed E-state index contributed by atoms with van der Waals surface area (Å²) in [6.07, 6.45) is 1.67. The molecule has 0 spiro atoms. The lowest BCUT2D eigenvalue weighted by atomic mass is 10.1. The molecule has 0 bridgehead atoms. The average Bonchev–Trinajstić information content (AvgIpc) is 2.75. The van der Waals surface area contributed by atoms with Crippen molar-refractivity contribution in [2.24, 2.45) is 0 Å². The minimum Gasteiger partial charge on any atom is -0.369 e. The molecule has 1 amide bonds. The van der Waals surface area contributed by atoms with Gasteiger partial charge in [0.1, 0.15) is 11.5 Å². The molecule has 1 saturated heterocycles. The van der Waals surface area contributed by atoms with Gasteiger partial charge in [-0.3, -0.25) is 15.1 Å². The Morgan fingerprint density at radius 2 is 1.82 bits per heavy atom. The smallest absolute Gasteiger partial charge is 0.258 e. The number of carbonyl (C=O) groups is 1. The summed E-state index contributed by atoms with van der Waals surface area (Å²) in [6.45, 7) is 5.63. The van der Waals surface area contributed by atoms with E-state index in [4.69, 9.17) is 0 Å². The Hall–Kier alpha value is -3.39. The van der Waals surface area contributed by atoms with Crippen LogP contribution in [-0.4, -0.2) is 52.0 Å². The molecule has 4 rings (SSSR count). The summed E-state index contributed by atoms with van der Waals surface area (Å²) in [5.74, 6) is 0.895. The zero-order chi connectivity index (χ0) is 19.3. The third-order valence-electron chi connectivity index (χ3n) is 4.48. The van der Waals surface area contributed by atoms with E-state index in [1.807, 2.05) is 42.5 Å². The quantitative estimate of drug-likeness (QED) is 0.719. The van der Waals surface area contributed by atoms with Gasteiger partial charge in [0.25, 0.3) is 5.91 Å². The van der Waals surface area contributed by atoms with E-state index in [1.54, 1.807) is 13.1 Å². The van der Waals surface area contributed by atoms with Crippen molar-refractivity contribution in [2.45, 2.75) is 6.92 Å². The van der Waals surface area contributed by atoms with Gasteiger partial charge in [0.05, 0.1) is 0 Å². The van der Waals surface area contributed by atoms with E-state index >= 15 is 0 Å². The standard InChI is InChI=1S/C20H21N7O/c1-14-23-18(17-4-2-3-9-22-17)25-20(24-14)26-19(28)15-5-7-16(8-6-15)27-12-10-21-11-13-27/h2-9,21H,10-13H2,1H3,(H,23,24,25,26,28). The minimum atomic E-state index is -0.260. The molecule has 3 heterocycles. The van der Waals surface area contributed by atoms with Gasteiger partial charge in [-0.25, -0.2) is 4.98 Å². The summed E-state index contributed by atoms with van der Waals surface area (Å²) in [7, 11) is 0. The zero-order valence-electron chi connectivity index (χ0n) is 15.6. The lowest BCUT2D eigenvalue weighted by Gasteiger charge is -2.29. The first-order chi connectivity index (χ1) is 13.7. The van der Waals surface area contributed by atoms with Crippen LogP contribution < -0.4 is 15.5 Å². The van der Waals surface area contributed by atoms with Crippen LogP contribution in [0.4, 0.5) is 11.6 Å². The number of piperazine rings is 1. The summed E-state index contributed by atoms with van der Waals surface area (Å²) in [5.41, 5.74) is 2.30. The third kappa shape index (κ3) is 4.12. The Kier molecular flexibility index (Phi) is 5.20. The van der Waals surface area contributed by atoms with Crippen molar-refractivity contribution in [2.75, 3.05) is 36.4 Å². The van der Waals surface area contributed by atoms with Crippen LogP contribution in [0, 0.1) is 6.92 Å². The summed E-state index contributed by atoms with van der Waals surface area (Å²) < 4.78 is 0. The third-order valence-corrected chi connectivity index (χ3v) is 4.48. The summed E-state index contributed by atoms with van der Waals surface area (Å²) in [6, 6.07) is 13.1. The Balaban J connectivity index is 1.49. The average molecular weight is 375 g/mol. The number of rotatable bonds is 4. The monoisotopic (exact) mass is 375 g/mol. The molecule has 1 aliphatic rings. The number of carbonyl (C=O) groups excluding carboxylic acids is 1. The van der Waals surface area contributed by atoms with Crippen LogP contribution in [0.3, 0.4) is 0 Å². The fourth-order valence-electron chi connectivity index (χ4n) is 3.07. The molecule has 0 atom stereocenters. The van der Waals surface area contributed by atoms with Gasteiger partial charge in [-0.15, -0.1) is 0 Å². The predicted molar refractivity (Wildman–Crippen MR) is 107 cm³/mol. The van der Waals surface area contributed by atoms with E-state index in [2.05, 4.69) is 35.5 Å². The number of anilines is 2. The van der Waals surface area contributed by atoms with E-state index in [-0.39, 0.29) is 11.9 Å². The highest BCUT2D eigenvalue weighted by Crippen LogP contribution is 2.17. The van der Waals surface area contributed by atoms with Crippen LogP contribution >= 0.6 is 0 Å². The number of hydrogen-bond donors (Lipinski definition) is 2. The maximum Gasteiger partial charge on any atom is 0.258 e. The number of aromatic nitrogens is 4. The molecule has 3 aromatic rings. The highest BCUT2D eigenvalue weighted by Gasteiger charge is 2.14. The van der Waals surface area contributed by atoms with Crippen LogP contribution in [0.2, 0.25) is 0 Å². The van der Waals surface area contributed by atoms with E-state index in [0.717, 1.165) is 31.9 Å². The van der Waals surface area contributed by atoms with Crippen molar-refractivity contribution in [1.82, 2.24) is 25.3 Å². The van der Waals surface area contributed by atoms with Gasteiger partial charge in [0.2, 0.25) is 5.95 Å². The van der Waals surface area contributed by atoms with Crippen LogP contribution in [0.1, 0.15) is 16.2 Å². The SMILES string of the molecule is Cc1nc(NC(=O)c2ccc(N3CCNCC3)cc2)nc(-c2ccccn2)n1. The first-order valence-electron chi connectivity index (χ1n) is 9.20. The van der Waals surface area contributed by atoms with E-state index in [9.17, 15) is 4.79 Å². The maximum absolute atomic E-state index is 12.6. The summed E-state index contributed by atoms with van der Waals surface area (Å²) >= 11 is 0. The molecule has 8 nitrogen and oxygen atoms in total. The lowest BCUT2D eigenvalue weighted by molar-refractivity contribution is 0.102. The normalized spacial score (nSPS) is 14.0. The van der Waals surface area contributed by atoms with Crippen molar-refractivity contribution in [3.8, 4) is 11.5 Å². The Labute approximate surface area is 163 Å². The number of amides is 1. The second-order valence-electron chi connectivity index (χ2n) is 6.48. The number of nitrogens with one attached hydrogen (secondary N) is 2. The van der Waals surface area contributed by atoms with Crippen LogP contribution in [0.25, 0.3) is 11.5 Å². The van der Waals surface area contributed by atoms with E-state index in [1.165, 1.54) is 0 Å². The molecule has 142 valence electrons. The first-order valence-corrected chi connectivity index (χ1v) is 9.20. The van der Waals surface area contributed by atoms with Gasteiger partial charge in [-0.1, -0.05) is 6.07 Å². The molecular formula is C20H21N7O. The van der Waals surface area contributed by atoms with Gasteiger partial charge < -0.3 is 10.2 Å². The van der Waals surface area contributed by atoms with Crippen molar-refractivity contribution in [1.29, 1.82) is 0 Å². The van der Waals surface area contributed by atoms with Gasteiger partial charge >= 0.3 is 0 Å². The fraction of sp³-hybridized carbons (Fsp3) is 0.250. The zero-order valence-corrected chi connectivity index (χ0v) is 15.6. The highest BCUT2D eigenvalue weighted by molar-refractivity contribution is 6.03. The Bertz CT molecular complexity index is 954. The topological polar surface area (TPSA) is 95.9 Å². The van der Waals surface area contributed by atoms with Gasteiger partial charge in [0.15, 0.2) is 5.82 Å². The van der Waals surface area contributed by atoms with Gasteiger partial charge in [-0.2, -0.15) is 9.97 Å². The predicted octanol–water partition coefficient (Wildman–Crippen LogP) is 1.90. The van der Waals surface area contributed by atoms with Crippen LogP contribution in [0.15, 0.2) is 48.7 Å². The second-order valence-corrected chi connectivity index (χ2v) is 6.48. The lowest BCUT2D eigenvalue weighted by Crippen LogP contribution is -2.43. The maximum atomic E-state index is 12.6. The summed E-state index contributed by atoms with van der Waals surface area (Å²) in [5, 5.41) is 6.09.